The topological polar surface area (TPSA) is 108 Å². The summed E-state index contributed by atoms with van der Waals surface area (Å²) in [4.78, 5) is 0.160. The molecule has 1 aliphatic carbocycles. The van der Waals surface area contributed by atoms with Crippen LogP contribution >= 0.6 is 0 Å². The molecule has 1 aromatic rings. The lowest BCUT2D eigenvalue weighted by Crippen LogP contribution is -2.25. The Balaban J connectivity index is 1.67. The maximum absolute atomic E-state index is 12.3. The Hall–Kier alpha value is -1.20. The fourth-order valence-electron chi connectivity index (χ4n) is 2.04. The van der Waals surface area contributed by atoms with E-state index in [1.54, 1.807) is 12.1 Å². The van der Waals surface area contributed by atoms with Crippen LogP contribution in [0.3, 0.4) is 0 Å². The molecule has 0 heterocycles. The molecular formula is C16H25NO7S2. The van der Waals surface area contributed by atoms with Crippen molar-refractivity contribution in [2.45, 2.75) is 24.2 Å². The molecular weight excluding hydrogens is 382 g/mol. The van der Waals surface area contributed by atoms with E-state index in [4.69, 9.17) is 9.47 Å². The minimum absolute atomic E-state index is 0.0573. The van der Waals surface area contributed by atoms with Gasteiger partial charge < -0.3 is 9.47 Å². The maximum Gasteiger partial charge on any atom is 0.264 e. The zero-order valence-electron chi connectivity index (χ0n) is 14.7. The highest BCUT2D eigenvalue weighted by atomic mass is 32.2. The number of sulfonamides is 1. The van der Waals surface area contributed by atoms with E-state index in [0.717, 1.165) is 6.26 Å². The fourth-order valence-corrected chi connectivity index (χ4v) is 3.52. The van der Waals surface area contributed by atoms with Crippen LogP contribution in [0, 0.1) is 5.92 Å². The molecule has 8 nitrogen and oxygen atoms in total. The van der Waals surface area contributed by atoms with Crippen LogP contribution in [-0.2, 0) is 29.1 Å². The number of hydrogen-bond donors (Lipinski definition) is 1. The summed E-state index contributed by atoms with van der Waals surface area (Å²) in [5.74, 6) is 1.14. The summed E-state index contributed by atoms with van der Waals surface area (Å²) in [5.41, 5.74) is 0. The van der Waals surface area contributed by atoms with Gasteiger partial charge in [-0.3, -0.25) is 4.18 Å². The number of hydrogen-bond acceptors (Lipinski definition) is 7. The van der Waals surface area contributed by atoms with E-state index < -0.39 is 20.1 Å². The van der Waals surface area contributed by atoms with Gasteiger partial charge in [0.25, 0.3) is 10.1 Å². The smallest absolute Gasteiger partial charge is 0.264 e. The molecule has 0 unspecified atom stereocenters. The molecule has 26 heavy (non-hydrogen) atoms. The van der Waals surface area contributed by atoms with Gasteiger partial charge in [-0.05, 0) is 37.3 Å². The van der Waals surface area contributed by atoms with E-state index in [1.807, 2.05) is 0 Å². The molecule has 0 bridgehead atoms. The Morgan fingerprint density at radius 2 is 1.88 bits per heavy atom. The predicted molar refractivity (Wildman–Crippen MR) is 96.1 cm³/mol. The SMILES string of the molecule is CS(=O)(=O)OCCOCCCNS(=O)(=O)c1cccc(OCC2CC2)c1. The second-order valence-corrected chi connectivity index (χ2v) is 9.53. The molecule has 0 radical (unpaired) electrons. The van der Waals surface area contributed by atoms with Crippen molar-refractivity contribution in [2.75, 3.05) is 39.2 Å². The summed E-state index contributed by atoms with van der Waals surface area (Å²) in [6, 6.07) is 6.44. The van der Waals surface area contributed by atoms with Crippen molar-refractivity contribution < 1.29 is 30.5 Å². The average molecular weight is 408 g/mol. The van der Waals surface area contributed by atoms with E-state index in [9.17, 15) is 16.8 Å². The molecule has 148 valence electrons. The first-order valence-corrected chi connectivity index (χ1v) is 11.7. The van der Waals surface area contributed by atoms with Crippen molar-refractivity contribution in [2.24, 2.45) is 5.92 Å². The summed E-state index contributed by atoms with van der Waals surface area (Å²) in [7, 11) is -7.07. The lowest BCUT2D eigenvalue weighted by molar-refractivity contribution is 0.101. The molecule has 0 amide bonds. The highest BCUT2D eigenvalue weighted by molar-refractivity contribution is 7.89. The Bertz CT molecular complexity index is 774. The van der Waals surface area contributed by atoms with E-state index in [2.05, 4.69) is 8.91 Å². The minimum Gasteiger partial charge on any atom is -0.493 e. The number of ether oxygens (including phenoxy) is 2. The number of rotatable bonds is 13. The molecule has 1 fully saturated rings. The third kappa shape index (κ3) is 8.45. The van der Waals surface area contributed by atoms with Gasteiger partial charge in [-0.2, -0.15) is 8.42 Å². The molecule has 1 saturated carbocycles. The van der Waals surface area contributed by atoms with Gasteiger partial charge in [0.1, 0.15) is 5.75 Å². The zero-order valence-corrected chi connectivity index (χ0v) is 16.4. The number of nitrogens with one attached hydrogen (secondary N) is 1. The van der Waals surface area contributed by atoms with Crippen molar-refractivity contribution in [3.8, 4) is 5.75 Å². The first kappa shape index (κ1) is 21.1. The zero-order chi connectivity index (χ0) is 19.0. The lowest BCUT2D eigenvalue weighted by Gasteiger charge is -2.10. The molecule has 0 aliphatic heterocycles. The van der Waals surface area contributed by atoms with Crippen LogP contribution in [0.15, 0.2) is 29.2 Å². The normalized spacial score (nSPS) is 15.1. The molecule has 1 aromatic carbocycles. The molecule has 0 spiro atoms. The van der Waals surface area contributed by atoms with Crippen LogP contribution in [-0.4, -0.2) is 56.1 Å². The molecule has 1 aliphatic rings. The van der Waals surface area contributed by atoms with Crippen LogP contribution in [0.5, 0.6) is 5.75 Å². The van der Waals surface area contributed by atoms with Crippen molar-refractivity contribution in [1.82, 2.24) is 4.72 Å². The summed E-state index contributed by atoms with van der Waals surface area (Å²) < 4.78 is 63.9. The fraction of sp³-hybridized carbons (Fsp3) is 0.625. The van der Waals surface area contributed by atoms with Crippen LogP contribution < -0.4 is 9.46 Å². The quantitative estimate of drug-likeness (QED) is 0.386. The van der Waals surface area contributed by atoms with E-state index in [-0.39, 0.29) is 24.7 Å². The molecule has 0 saturated heterocycles. The van der Waals surface area contributed by atoms with Gasteiger partial charge in [0.2, 0.25) is 10.0 Å². The summed E-state index contributed by atoms with van der Waals surface area (Å²) in [6.07, 6.45) is 3.76. The lowest BCUT2D eigenvalue weighted by atomic mass is 10.3. The highest BCUT2D eigenvalue weighted by Gasteiger charge is 2.22. The van der Waals surface area contributed by atoms with Gasteiger partial charge in [-0.25, -0.2) is 13.1 Å². The van der Waals surface area contributed by atoms with Crippen LogP contribution in [0.25, 0.3) is 0 Å². The predicted octanol–water partition coefficient (Wildman–Crippen LogP) is 1.14. The van der Waals surface area contributed by atoms with Crippen molar-refractivity contribution in [1.29, 1.82) is 0 Å². The Labute approximate surface area is 155 Å². The van der Waals surface area contributed by atoms with E-state index >= 15 is 0 Å². The monoisotopic (exact) mass is 407 g/mol. The van der Waals surface area contributed by atoms with Gasteiger partial charge in [0.15, 0.2) is 0 Å². The Morgan fingerprint density at radius 1 is 1.12 bits per heavy atom. The summed E-state index contributed by atoms with van der Waals surface area (Å²) in [6.45, 7) is 1.19. The minimum atomic E-state index is -3.61. The van der Waals surface area contributed by atoms with Crippen molar-refractivity contribution in [3.63, 3.8) is 0 Å². The molecule has 0 atom stereocenters. The van der Waals surface area contributed by atoms with Gasteiger partial charge in [0, 0.05) is 19.2 Å². The Morgan fingerprint density at radius 3 is 2.58 bits per heavy atom. The van der Waals surface area contributed by atoms with Crippen LogP contribution in [0.4, 0.5) is 0 Å². The van der Waals surface area contributed by atoms with Gasteiger partial charge in [0.05, 0.1) is 31.0 Å². The molecule has 0 aromatic heterocycles. The van der Waals surface area contributed by atoms with Gasteiger partial charge in [-0.15, -0.1) is 0 Å². The number of benzene rings is 1. The van der Waals surface area contributed by atoms with Crippen LogP contribution in [0.1, 0.15) is 19.3 Å². The van der Waals surface area contributed by atoms with Gasteiger partial charge in [-0.1, -0.05) is 6.07 Å². The second-order valence-electron chi connectivity index (χ2n) is 6.12. The molecule has 10 heteroatoms. The molecule has 2 rings (SSSR count). The third-order valence-corrected chi connectivity index (χ3v) is 5.63. The third-order valence-electron chi connectivity index (χ3n) is 3.58. The van der Waals surface area contributed by atoms with Crippen molar-refractivity contribution >= 4 is 20.1 Å². The average Bonchev–Trinajstić information content (AvgIpc) is 3.39. The maximum atomic E-state index is 12.3. The Kier molecular flexibility index (Phi) is 7.84. The highest BCUT2D eigenvalue weighted by Crippen LogP contribution is 2.29. The summed E-state index contributed by atoms with van der Waals surface area (Å²) in [5, 5.41) is 0. The standard InChI is InChI=1S/C16H25NO7S2/c1-25(18,19)24-11-10-22-9-3-8-17-26(20,21)16-5-2-4-15(12-16)23-13-14-6-7-14/h2,4-5,12,14,17H,3,6-11,13H2,1H3. The van der Waals surface area contributed by atoms with Crippen LogP contribution in [0.2, 0.25) is 0 Å². The summed E-state index contributed by atoms with van der Waals surface area (Å²) >= 11 is 0. The van der Waals surface area contributed by atoms with E-state index in [1.165, 1.54) is 25.0 Å². The largest absolute Gasteiger partial charge is 0.493 e. The first-order valence-electron chi connectivity index (χ1n) is 8.41. The van der Waals surface area contributed by atoms with Crippen molar-refractivity contribution in [3.05, 3.63) is 24.3 Å². The first-order chi connectivity index (χ1) is 12.3. The molecule has 1 N–H and O–H groups in total. The second kappa shape index (κ2) is 9.65. The van der Waals surface area contributed by atoms with Gasteiger partial charge >= 0.3 is 0 Å². The van der Waals surface area contributed by atoms with E-state index in [0.29, 0.717) is 31.3 Å².